The Morgan fingerprint density at radius 2 is 1.82 bits per heavy atom. The highest BCUT2D eigenvalue weighted by atomic mass is 32.2. The van der Waals surface area contributed by atoms with E-state index in [1.54, 1.807) is 13.8 Å². The minimum absolute atomic E-state index is 0.122. The Bertz CT molecular complexity index is 767. The van der Waals surface area contributed by atoms with Crippen LogP contribution in [0.15, 0.2) is 24.4 Å². The van der Waals surface area contributed by atoms with Gasteiger partial charge in [0, 0.05) is 6.07 Å². The van der Waals surface area contributed by atoms with Gasteiger partial charge in [-0.15, -0.1) is 5.10 Å². The largest absolute Gasteiger partial charge is 0.248 e. The van der Waals surface area contributed by atoms with Gasteiger partial charge in [0.15, 0.2) is 0 Å². The van der Waals surface area contributed by atoms with Crippen molar-refractivity contribution in [1.82, 2.24) is 19.7 Å². The van der Waals surface area contributed by atoms with Crippen LogP contribution in [0.4, 0.5) is 8.78 Å². The molecule has 0 amide bonds. The molecule has 0 spiro atoms. The van der Waals surface area contributed by atoms with Crippen molar-refractivity contribution in [3.8, 4) is 0 Å². The van der Waals surface area contributed by atoms with Gasteiger partial charge in [0.2, 0.25) is 10.0 Å². The highest BCUT2D eigenvalue weighted by Crippen LogP contribution is 2.18. The van der Waals surface area contributed by atoms with Crippen LogP contribution in [0.5, 0.6) is 0 Å². The van der Waals surface area contributed by atoms with Crippen LogP contribution in [0.25, 0.3) is 0 Å². The minimum atomic E-state index is -3.42. The van der Waals surface area contributed by atoms with Crippen molar-refractivity contribution < 1.29 is 17.2 Å². The van der Waals surface area contributed by atoms with Crippen molar-refractivity contribution in [2.45, 2.75) is 25.9 Å². The lowest BCUT2D eigenvalue weighted by molar-refractivity contribution is 0.462. The summed E-state index contributed by atoms with van der Waals surface area (Å²) in [7, 11) is -3.42. The Hall–Kier alpha value is -1.87. The molecule has 2 rings (SSSR count). The zero-order valence-corrected chi connectivity index (χ0v) is 13.2. The Morgan fingerprint density at radius 3 is 2.36 bits per heavy atom. The third-order valence-electron chi connectivity index (χ3n) is 2.89. The van der Waals surface area contributed by atoms with E-state index in [0.717, 1.165) is 12.3 Å². The number of halogens is 2. The van der Waals surface area contributed by atoms with Crippen LogP contribution < -0.4 is 4.72 Å². The molecule has 1 aromatic heterocycles. The fourth-order valence-electron chi connectivity index (χ4n) is 2.07. The summed E-state index contributed by atoms with van der Waals surface area (Å²) in [5, 5.41) is 7.77. The summed E-state index contributed by atoms with van der Waals surface area (Å²) in [4.78, 5) is 0. The molecule has 9 heteroatoms. The Kier molecular flexibility index (Phi) is 4.30. The average molecular weight is 330 g/mol. The van der Waals surface area contributed by atoms with Crippen molar-refractivity contribution in [3.63, 3.8) is 0 Å². The third-order valence-corrected chi connectivity index (χ3v) is 3.77. The smallest absolute Gasteiger partial charge is 0.209 e. The van der Waals surface area contributed by atoms with Gasteiger partial charge in [0.25, 0.3) is 0 Å². The second kappa shape index (κ2) is 5.73. The minimum Gasteiger partial charge on any atom is -0.248 e. The van der Waals surface area contributed by atoms with E-state index in [2.05, 4.69) is 15.0 Å². The molecule has 0 unspecified atom stereocenters. The van der Waals surface area contributed by atoms with Gasteiger partial charge in [0.1, 0.15) is 17.3 Å². The molecule has 22 heavy (non-hydrogen) atoms. The summed E-state index contributed by atoms with van der Waals surface area (Å²) in [5.41, 5.74) is -0.156. The van der Waals surface area contributed by atoms with Crippen LogP contribution in [0.2, 0.25) is 0 Å². The van der Waals surface area contributed by atoms with Crippen molar-refractivity contribution in [2.24, 2.45) is 0 Å². The van der Waals surface area contributed by atoms with Crippen LogP contribution in [0, 0.1) is 11.6 Å². The molecular weight excluding hydrogens is 314 g/mol. The molecular formula is C13H16F2N4O2S. The Labute approximate surface area is 127 Å². The van der Waals surface area contributed by atoms with E-state index >= 15 is 0 Å². The van der Waals surface area contributed by atoms with Gasteiger partial charge >= 0.3 is 0 Å². The van der Waals surface area contributed by atoms with Gasteiger partial charge < -0.3 is 0 Å². The van der Waals surface area contributed by atoms with Crippen molar-refractivity contribution >= 4 is 10.0 Å². The van der Waals surface area contributed by atoms with Crippen molar-refractivity contribution in [3.05, 3.63) is 47.3 Å². The molecule has 0 aliphatic carbocycles. The zero-order valence-electron chi connectivity index (χ0n) is 12.3. The molecule has 0 aliphatic heterocycles. The molecule has 0 saturated carbocycles. The first kappa shape index (κ1) is 16.5. The number of rotatable bonds is 5. The molecule has 0 radical (unpaired) electrons. The van der Waals surface area contributed by atoms with E-state index in [1.807, 2.05) is 0 Å². The Morgan fingerprint density at radius 1 is 1.23 bits per heavy atom. The molecule has 0 saturated heterocycles. The molecule has 120 valence electrons. The molecule has 1 N–H and O–H groups in total. The molecule has 6 nitrogen and oxygen atoms in total. The van der Waals surface area contributed by atoms with Gasteiger partial charge in [0.05, 0.1) is 24.5 Å². The van der Waals surface area contributed by atoms with E-state index in [9.17, 15) is 17.2 Å². The molecule has 0 bridgehead atoms. The molecule has 0 atom stereocenters. The summed E-state index contributed by atoms with van der Waals surface area (Å²) in [6.45, 7) is 3.41. The second-order valence-electron chi connectivity index (χ2n) is 5.58. The number of benzene rings is 1. The summed E-state index contributed by atoms with van der Waals surface area (Å²) in [6.07, 6.45) is 2.58. The normalized spacial score (nSPS) is 12.6. The number of nitrogens with zero attached hydrogens (tertiary/aromatic N) is 3. The average Bonchev–Trinajstić information content (AvgIpc) is 2.73. The summed E-state index contributed by atoms with van der Waals surface area (Å²) in [5.74, 6) is -1.34. The number of nitrogens with one attached hydrogen (secondary N) is 1. The maximum Gasteiger partial charge on any atom is 0.209 e. The van der Waals surface area contributed by atoms with Gasteiger partial charge in [-0.05, 0) is 31.5 Å². The Balaban J connectivity index is 2.21. The topological polar surface area (TPSA) is 76.9 Å². The van der Waals surface area contributed by atoms with Gasteiger partial charge in [-0.25, -0.2) is 26.6 Å². The second-order valence-corrected chi connectivity index (χ2v) is 7.33. The van der Waals surface area contributed by atoms with Crippen LogP contribution >= 0.6 is 0 Å². The van der Waals surface area contributed by atoms with Crippen LogP contribution in [-0.4, -0.2) is 29.7 Å². The molecule has 2 aromatic rings. The lowest BCUT2D eigenvalue weighted by Gasteiger charge is -2.21. The monoisotopic (exact) mass is 330 g/mol. The quantitative estimate of drug-likeness (QED) is 0.899. The first-order chi connectivity index (χ1) is 10.0. The summed E-state index contributed by atoms with van der Waals surface area (Å²) < 4.78 is 52.8. The number of sulfonamides is 1. The van der Waals surface area contributed by atoms with Crippen LogP contribution in [0.1, 0.15) is 25.1 Å². The van der Waals surface area contributed by atoms with E-state index in [0.29, 0.717) is 11.3 Å². The van der Waals surface area contributed by atoms with Crippen molar-refractivity contribution in [2.75, 3.05) is 6.26 Å². The fourth-order valence-corrected chi connectivity index (χ4v) is 3.10. The summed E-state index contributed by atoms with van der Waals surface area (Å²) in [6, 6.07) is 3.18. The highest BCUT2D eigenvalue weighted by Gasteiger charge is 2.27. The first-order valence-corrected chi connectivity index (χ1v) is 8.29. The molecule has 1 heterocycles. The lowest BCUT2D eigenvalue weighted by Crippen LogP contribution is -2.40. The SMILES string of the molecule is CC(C)(NS(C)(=O)=O)c1cn(Cc2cc(F)cc(F)c2)nn1. The first-order valence-electron chi connectivity index (χ1n) is 6.40. The fraction of sp³-hybridized carbons (Fsp3) is 0.385. The molecule has 0 fully saturated rings. The maximum absolute atomic E-state index is 13.1. The summed E-state index contributed by atoms with van der Waals surface area (Å²) >= 11 is 0. The van der Waals surface area contributed by atoms with Crippen molar-refractivity contribution in [1.29, 1.82) is 0 Å². The number of hydrogen-bond acceptors (Lipinski definition) is 4. The molecule has 1 aromatic carbocycles. The highest BCUT2D eigenvalue weighted by molar-refractivity contribution is 7.88. The van der Waals surface area contributed by atoms with E-state index in [1.165, 1.54) is 23.0 Å². The zero-order chi connectivity index (χ0) is 16.5. The number of hydrogen-bond donors (Lipinski definition) is 1. The van der Waals surface area contributed by atoms with Crippen LogP contribution in [0.3, 0.4) is 0 Å². The van der Waals surface area contributed by atoms with E-state index in [-0.39, 0.29) is 6.54 Å². The van der Waals surface area contributed by atoms with E-state index in [4.69, 9.17) is 0 Å². The van der Waals surface area contributed by atoms with Gasteiger partial charge in [-0.1, -0.05) is 5.21 Å². The van der Waals surface area contributed by atoms with E-state index < -0.39 is 27.2 Å². The molecule has 0 aliphatic rings. The van der Waals surface area contributed by atoms with Gasteiger partial charge in [-0.3, -0.25) is 0 Å². The maximum atomic E-state index is 13.1. The number of aromatic nitrogens is 3. The predicted molar refractivity (Wildman–Crippen MR) is 76.5 cm³/mol. The standard InChI is InChI=1S/C13H16F2N4O2S/c1-13(2,17-22(3,20)21)12-8-19(18-16-12)7-9-4-10(14)6-11(15)5-9/h4-6,8,17H,7H2,1-3H3. The predicted octanol–water partition coefficient (Wildman–Crippen LogP) is 1.39. The van der Waals surface area contributed by atoms with Crippen LogP contribution in [-0.2, 0) is 22.1 Å². The lowest BCUT2D eigenvalue weighted by atomic mass is 10.0. The van der Waals surface area contributed by atoms with Gasteiger partial charge in [-0.2, -0.15) is 0 Å². The third kappa shape index (κ3) is 4.31.